The van der Waals surface area contributed by atoms with Crippen molar-refractivity contribution in [2.24, 2.45) is 5.10 Å². The second-order valence-corrected chi connectivity index (χ2v) is 9.52. The minimum atomic E-state index is -0.295. The van der Waals surface area contributed by atoms with E-state index in [9.17, 15) is 9.90 Å². The molecule has 2 N–H and O–H groups in total. The van der Waals surface area contributed by atoms with Crippen molar-refractivity contribution >= 4 is 50.6 Å². The van der Waals surface area contributed by atoms with Gasteiger partial charge >= 0.3 is 0 Å². The van der Waals surface area contributed by atoms with Crippen molar-refractivity contribution in [2.45, 2.75) is 18.6 Å². The van der Waals surface area contributed by atoms with E-state index in [1.165, 1.54) is 18.0 Å². The van der Waals surface area contributed by atoms with Gasteiger partial charge in [-0.2, -0.15) is 5.10 Å². The first-order valence-corrected chi connectivity index (χ1v) is 12.2. The number of hydrogen-bond donors (Lipinski definition) is 2. The van der Waals surface area contributed by atoms with Gasteiger partial charge in [-0.25, -0.2) is 5.43 Å². The molecule has 0 saturated heterocycles. The van der Waals surface area contributed by atoms with Crippen LogP contribution in [-0.2, 0) is 11.3 Å². The molecule has 0 unspecified atom stereocenters. The molecule has 4 rings (SSSR count). The van der Waals surface area contributed by atoms with Crippen LogP contribution in [0, 0.1) is 0 Å². The number of thioether (sulfide) groups is 1. The van der Waals surface area contributed by atoms with Crippen molar-refractivity contribution < 1.29 is 9.90 Å². The van der Waals surface area contributed by atoms with E-state index < -0.39 is 0 Å². The highest BCUT2D eigenvalue weighted by atomic mass is 79.9. The molecule has 0 spiro atoms. The number of halogens is 1. The van der Waals surface area contributed by atoms with Crippen molar-refractivity contribution in [2.75, 3.05) is 5.75 Å². The van der Waals surface area contributed by atoms with Gasteiger partial charge in [-0.1, -0.05) is 82.3 Å². The predicted octanol–water partition coefficient (Wildman–Crippen LogP) is 5.38. The molecule has 0 aliphatic rings. The van der Waals surface area contributed by atoms with E-state index in [0.29, 0.717) is 23.1 Å². The fourth-order valence-corrected chi connectivity index (χ4v) is 4.37. The van der Waals surface area contributed by atoms with Gasteiger partial charge in [0.15, 0.2) is 11.0 Å². The first-order valence-electron chi connectivity index (χ1n) is 10.4. The summed E-state index contributed by atoms with van der Waals surface area (Å²) in [5, 5.41) is 25.3. The molecule has 0 aliphatic carbocycles. The Morgan fingerprint density at radius 1 is 1.18 bits per heavy atom. The molecule has 0 atom stereocenters. The predicted molar refractivity (Wildman–Crippen MR) is 140 cm³/mol. The third kappa shape index (κ3) is 5.55. The summed E-state index contributed by atoms with van der Waals surface area (Å²) < 4.78 is 2.92. The summed E-state index contributed by atoms with van der Waals surface area (Å²) in [6.45, 7) is 6.48. The number of hydrogen-bond acceptors (Lipinski definition) is 6. The number of phenols is 1. The van der Waals surface area contributed by atoms with Crippen LogP contribution in [0.15, 0.2) is 87.5 Å². The van der Waals surface area contributed by atoms with E-state index >= 15 is 0 Å². The molecule has 3 aromatic carbocycles. The molecule has 0 fully saturated rings. The van der Waals surface area contributed by atoms with Crippen molar-refractivity contribution in [3.8, 4) is 17.1 Å². The maximum Gasteiger partial charge on any atom is 0.250 e. The van der Waals surface area contributed by atoms with Crippen LogP contribution in [0.2, 0.25) is 0 Å². The Balaban J connectivity index is 1.45. The molecule has 172 valence electrons. The van der Waals surface area contributed by atoms with Crippen molar-refractivity contribution in [3.05, 3.63) is 82.9 Å². The van der Waals surface area contributed by atoms with Gasteiger partial charge < -0.3 is 5.11 Å². The van der Waals surface area contributed by atoms with Gasteiger partial charge in [0.1, 0.15) is 5.75 Å². The summed E-state index contributed by atoms with van der Waals surface area (Å²) >= 11 is 4.71. The maximum atomic E-state index is 12.4. The van der Waals surface area contributed by atoms with E-state index in [2.05, 4.69) is 43.2 Å². The Morgan fingerprint density at radius 3 is 2.71 bits per heavy atom. The summed E-state index contributed by atoms with van der Waals surface area (Å²) in [5.74, 6) is 0.617. The number of allylic oxidation sites excluding steroid dienone is 1. The normalized spacial score (nSPS) is 11.2. The number of rotatable bonds is 8. The van der Waals surface area contributed by atoms with E-state index in [-0.39, 0.29) is 17.4 Å². The second-order valence-electron chi connectivity index (χ2n) is 7.66. The Bertz CT molecular complexity index is 1380. The van der Waals surface area contributed by atoms with Crippen LogP contribution >= 0.6 is 27.7 Å². The largest absolute Gasteiger partial charge is 0.507 e. The van der Waals surface area contributed by atoms with Gasteiger partial charge in [-0.3, -0.25) is 9.36 Å². The van der Waals surface area contributed by atoms with Crippen LogP contribution in [0.3, 0.4) is 0 Å². The number of benzene rings is 3. The molecular weight excluding hydrogens is 514 g/mol. The standard InChI is InChI=1S/C25H22BrN5O2S/c1-16(2)14-31-24(18-7-10-19(26)11-8-18)29-30-25(31)34-15-23(33)28-27-13-21-20-6-4-3-5-17(20)9-12-22(21)32/h3-13,32H,1,14-15H2,2H3,(H,28,33)/b27-13+. The van der Waals surface area contributed by atoms with E-state index in [4.69, 9.17) is 0 Å². The van der Waals surface area contributed by atoms with Gasteiger partial charge in [0.2, 0.25) is 0 Å². The first kappa shape index (κ1) is 23.7. The number of carbonyl (C=O) groups is 1. The third-order valence-corrected chi connectivity index (χ3v) is 6.41. The lowest BCUT2D eigenvalue weighted by molar-refractivity contribution is -0.118. The Hall–Kier alpha value is -3.43. The van der Waals surface area contributed by atoms with Gasteiger partial charge in [0.25, 0.3) is 5.91 Å². The quantitative estimate of drug-likeness (QED) is 0.137. The lowest BCUT2D eigenvalue weighted by Gasteiger charge is -2.10. The van der Waals surface area contributed by atoms with Crippen LogP contribution in [-0.4, -0.2) is 37.7 Å². The third-order valence-electron chi connectivity index (χ3n) is 4.91. The number of hydrazone groups is 1. The highest BCUT2D eigenvalue weighted by molar-refractivity contribution is 9.10. The first-order chi connectivity index (χ1) is 16.4. The van der Waals surface area contributed by atoms with Gasteiger partial charge in [-0.15, -0.1) is 10.2 Å². The topological polar surface area (TPSA) is 92.4 Å². The van der Waals surface area contributed by atoms with Crippen molar-refractivity contribution in [1.29, 1.82) is 0 Å². The lowest BCUT2D eigenvalue weighted by atomic mass is 10.0. The van der Waals surface area contributed by atoms with Crippen LogP contribution in [0.1, 0.15) is 12.5 Å². The molecule has 0 radical (unpaired) electrons. The van der Waals surface area contributed by atoms with E-state index in [1.54, 1.807) is 6.07 Å². The number of nitrogens with zero attached hydrogens (tertiary/aromatic N) is 4. The molecule has 7 nitrogen and oxygen atoms in total. The zero-order valence-corrected chi connectivity index (χ0v) is 20.8. The average molecular weight is 536 g/mol. The summed E-state index contributed by atoms with van der Waals surface area (Å²) in [6.07, 6.45) is 1.45. The van der Waals surface area contributed by atoms with E-state index in [1.807, 2.05) is 66.1 Å². The van der Waals surface area contributed by atoms with Crippen LogP contribution in [0.5, 0.6) is 5.75 Å². The maximum absolute atomic E-state index is 12.4. The molecule has 1 aromatic heterocycles. The second kappa shape index (κ2) is 10.7. The van der Waals surface area contributed by atoms with Crippen LogP contribution < -0.4 is 5.43 Å². The highest BCUT2D eigenvalue weighted by Crippen LogP contribution is 2.27. The molecule has 4 aromatic rings. The molecule has 34 heavy (non-hydrogen) atoms. The Kier molecular flexibility index (Phi) is 7.44. The monoisotopic (exact) mass is 535 g/mol. The zero-order chi connectivity index (χ0) is 24.1. The molecule has 0 saturated carbocycles. The number of phenolic OH excluding ortho intramolecular Hbond substituents is 1. The molecule has 1 heterocycles. The molecule has 0 aliphatic heterocycles. The van der Waals surface area contributed by atoms with Gasteiger partial charge in [-0.05, 0) is 35.9 Å². The zero-order valence-electron chi connectivity index (χ0n) is 18.4. The summed E-state index contributed by atoms with van der Waals surface area (Å²) in [5.41, 5.74) is 4.94. The average Bonchev–Trinajstić information content (AvgIpc) is 3.21. The SMILES string of the molecule is C=C(C)Cn1c(SCC(=O)N/N=C/c2c(O)ccc3ccccc23)nnc1-c1ccc(Br)cc1. The minimum absolute atomic E-state index is 0.0967. The summed E-state index contributed by atoms with van der Waals surface area (Å²) in [4.78, 5) is 12.4. The molecule has 1 amide bonds. The molecule has 0 bridgehead atoms. The fraction of sp³-hybridized carbons (Fsp3) is 0.120. The van der Waals surface area contributed by atoms with E-state index in [0.717, 1.165) is 26.4 Å². The minimum Gasteiger partial charge on any atom is -0.507 e. The Labute approximate surface area is 209 Å². The molecule has 9 heteroatoms. The number of carbonyl (C=O) groups excluding carboxylic acids is 1. The van der Waals surface area contributed by atoms with Crippen molar-refractivity contribution in [3.63, 3.8) is 0 Å². The Morgan fingerprint density at radius 2 is 1.94 bits per heavy atom. The highest BCUT2D eigenvalue weighted by Gasteiger charge is 2.16. The summed E-state index contributed by atoms with van der Waals surface area (Å²) in [7, 11) is 0. The van der Waals surface area contributed by atoms with Gasteiger partial charge in [0.05, 0.1) is 12.0 Å². The van der Waals surface area contributed by atoms with Crippen LogP contribution in [0.4, 0.5) is 0 Å². The number of amides is 1. The number of fused-ring (bicyclic) bond motifs is 1. The number of aromatic nitrogens is 3. The lowest BCUT2D eigenvalue weighted by Crippen LogP contribution is -2.20. The van der Waals surface area contributed by atoms with Gasteiger partial charge in [0, 0.05) is 22.1 Å². The number of nitrogens with one attached hydrogen (secondary N) is 1. The molecular formula is C25H22BrN5O2S. The number of aromatic hydroxyl groups is 1. The summed E-state index contributed by atoms with van der Waals surface area (Å²) in [6, 6.07) is 18.9. The van der Waals surface area contributed by atoms with Crippen molar-refractivity contribution in [1.82, 2.24) is 20.2 Å². The fourth-order valence-electron chi connectivity index (χ4n) is 3.37. The van der Waals surface area contributed by atoms with Crippen LogP contribution in [0.25, 0.3) is 22.2 Å². The smallest absolute Gasteiger partial charge is 0.250 e.